The normalized spacial score (nSPS) is 17.6. The van der Waals surface area contributed by atoms with Gasteiger partial charge in [-0.15, -0.1) is 0 Å². The third kappa shape index (κ3) is 4.95. The number of anilines is 2. The lowest BCUT2D eigenvalue weighted by Crippen LogP contribution is -2.43. The van der Waals surface area contributed by atoms with Crippen LogP contribution in [0, 0.1) is 24.0 Å². The maximum absolute atomic E-state index is 13.2. The Kier molecular flexibility index (Phi) is 6.27. The largest absolute Gasteiger partial charge is 0.378 e. The number of rotatable bonds is 5. The van der Waals surface area contributed by atoms with Crippen molar-refractivity contribution >= 4 is 29.0 Å². The monoisotopic (exact) mass is 441 g/mol. The third-order valence-electron chi connectivity index (χ3n) is 5.99. The van der Waals surface area contributed by atoms with E-state index in [0.717, 1.165) is 34.5 Å². The van der Waals surface area contributed by atoms with Crippen LogP contribution >= 0.6 is 0 Å². The summed E-state index contributed by atoms with van der Waals surface area (Å²) in [5, 5.41) is 14.5. The van der Waals surface area contributed by atoms with Crippen LogP contribution in [0.1, 0.15) is 41.6 Å². The van der Waals surface area contributed by atoms with E-state index in [1.807, 2.05) is 17.0 Å². The number of hydrogen-bond donors (Lipinski definition) is 1. The second-order valence-electron chi connectivity index (χ2n) is 8.60. The molecule has 0 unspecified atom stereocenters. The molecule has 168 valence electrons. The summed E-state index contributed by atoms with van der Waals surface area (Å²) in [7, 11) is 0. The summed E-state index contributed by atoms with van der Waals surface area (Å²) >= 11 is 0. The van der Waals surface area contributed by atoms with Gasteiger partial charge in [-0.05, 0) is 74.7 Å². The second kappa shape index (κ2) is 9.28. The van der Waals surface area contributed by atoms with Gasteiger partial charge in [0.15, 0.2) is 0 Å². The fourth-order valence-electron chi connectivity index (χ4n) is 4.26. The predicted molar refractivity (Wildman–Crippen MR) is 132 cm³/mol. The quantitative estimate of drug-likeness (QED) is 0.290. The molecule has 1 heterocycles. The maximum atomic E-state index is 13.2. The molecule has 0 spiro atoms. The topological polar surface area (TPSA) is 75.5 Å². The van der Waals surface area contributed by atoms with Crippen LogP contribution in [0.3, 0.4) is 0 Å². The average molecular weight is 442 g/mol. The summed E-state index contributed by atoms with van der Waals surface area (Å²) in [5.74, 6) is -0.111. The molecule has 0 aromatic heterocycles. The van der Waals surface area contributed by atoms with E-state index in [4.69, 9.17) is 0 Å². The minimum Gasteiger partial charge on any atom is -0.378 e. The highest BCUT2D eigenvalue weighted by atomic mass is 16.6. The van der Waals surface area contributed by atoms with Gasteiger partial charge in [-0.2, -0.15) is 0 Å². The Morgan fingerprint density at radius 2 is 1.70 bits per heavy atom. The minimum atomic E-state index is -0.436. The summed E-state index contributed by atoms with van der Waals surface area (Å²) in [5.41, 5.74) is 6.19. The molecule has 0 fully saturated rings. The van der Waals surface area contributed by atoms with Crippen molar-refractivity contribution in [2.24, 2.45) is 0 Å². The number of non-ortho nitro benzene ring substituents is 1. The zero-order valence-corrected chi connectivity index (χ0v) is 19.0. The molecule has 6 nitrogen and oxygen atoms in total. The van der Waals surface area contributed by atoms with E-state index in [1.165, 1.54) is 23.8 Å². The zero-order valence-electron chi connectivity index (χ0n) is 19.0. The third-order valence-corrected chi connectivity index (χ3v) is 5.99. The first-order valence-corrected chi connectivity index (χ1v) is 11.0. The number of nitrogens with zero attached hydrogens (tertiary/aromatic N) is 2. The van der Waals surface area contributed by atoms with Crippen molar-refractivity contribution in [2.45, 2.75) is 39.3 Å². The molecule has 3 aromatic carbocycles. The van der Waals surface area contributed by atoms with Crippen molar-refractivity contribution in [1.82, 2.24) is 0 Å². The van der Waals surface area contributed by atoms with E-state index in [-0.39, 0.29) is 23.7 Å². The molecule has 0 radical (unpaired) electrons. The lowest BCUT2D eigenvalue weighted by molar-refractivity contribution is -0.384. The molecule has 0 saturated heterocycles. The van der Waals surface area contributed by atoms with Crippen LogP contribution in [-0.2, 0) is 4.79 Å². The molecule has 1 aliphatic rings. The zero-order chi connectivity index (χ0) is 23.5. The van der Waals surface area contributed by atoms with Gasteiger partial charge < -0.3 is 10.2 Å². The highest BCUT2D eigenvalue weighted by molar-refractivity contribution is 6.05. The standard InChI is InChI=1S/C27H27N3O3/c1-18-4-10-22(11-5-18)28-25-17-20(3)29(26-14-6-19(2)16-24(25)26)27(31)15-9-21-7-12-23(13-8-21)30(32)33/h4-16,20,25,28H,17H2,1-3H3/b15-9+/t20-,25-/m1/s1. The number of nitro groups is 1. The molecule has 1 N–H and O–H groups in total. The van der Waals surface area contributed by atoms with Crippen molar-refractivity contribution in [3.05, 3.63) is 105 Å². The van der Waals surface area contributed by atoms with Crippen molar-refractivity contribution in [2.75, 3.05) is 10.2 Å². The number of carbonyl (C=O) groups excluding carboxylic acids is 1. The molecule has 0 saturated carbocycles. The Morgan fingerprint density at radius 3 is 2.36 bits per heavy atom. The number of carbonyl (C=O) groups is 1. The number of fused-ring (bicyclic) bond motifs is 1. The Bertz CT molecular complexity index is 1200. The molecular formula is C27H27N3O3. The van der Waals surface area contributed by atoms with E-state index in [1.54, 1.807) is 18.2 Å². The summed E-state index contributed by atoms with van der Waals surface area (Å²) in [4.78, 5) is 25.5. The summed E-state index contributed by atoms with van der Waals surface area (Å²) < 4.78 is 0. The van der Waals surface area contributed by atoms with Crippen LogP contribution in [0.15, 0.2) is 72.8 Å². The van der Waals surface area contributed by atoms with Gasteiger partial charge in [0.2, 0.25) is 0 Å². The molecule has 4 rings (SSSR count). The van der Waals surface area contributed by atoms with Gasteiger partial charge in [-0.1, -0.05) is 35.4 Å². The van der Waals surface area contributed by atoms with Crippen molar-refractivity contribution < 1.29 is 9.72 Å². The predicted octanol–water partition coefficient (Wildman–Crippen LogP) is 6.20. The maximum Gasteiger partial charge on any atom is 0.269 e. The van der Waals surface area contributed by atoms with E-state index < -0.39 is 4.92 Å². The Hall–Kier alpha value is -3.93. The van der Waals surface area contributed by atoms with Gasteiger partial charge in [0.25, 0.3) is 11.6 Å². The molecule has 1 amide bonds. The smallest absolute Gasteiger partial charge is 0.269 e. The Morgan fingerprint density at radius 1 is 1.03 bits per heavy atom. The van der Waals surface area contributed by atoms with Gasteiger partial charge in [0.05, 0.1) is 11.0 Å². The van der Waals surface area contributed by atoms with Crippen LogP contribution in [0.2, 0.25) is 0 Å². The van der Waals surface area contributed by atoms with Crippen molar-refractivity contribution in [3.63, 3.8) is 0 Å². The molecule has 0 bridgehead atoms. The number of benzene rings is 3. The van der Waals surface area contributed by atoms with Crippen LogP contribution in [0.25, 0.3) is 6.08 Å². The summed E-state index contributed by atoms with van der Waals surface area (Å²) in [6, 6.07) is 20.8. The summed E-state index contributed by atoms with van der Waals surface area (Å²) in [6.45, 7) is 6.19. The fourth-order valence-corrected chi connectivity index (χ4v) is 4.26. The minimum absolute atomic E-state index is 0.00262. The van der Waals surface area contributed by atoms with Gasteiger partial charge in [0.1, 0.15) is 0 Å². The lowest BCUT2D eigenvalue weighted by Gasteiger charge is -2.39. The number of nitro benzene ring substituents is 1. The first-order chi connectivity index (χ1) is 15.8. The van der Waals surface area contributed by atoms with Crippen LogP contribution in [0.5, 0.6) is 0 Å². The first kappa shape index (κ1) is 22.3. The van der Waals surface area contributed by atoms with Gasteiger partial charge in [-0.25, -0.2) is 0 Å². The van der Waals surface area contributed by atoms with Crippen LogP contribution in [0.4, 0.5) is 17.1 Å². The highest BCUT2D eigenvalue weighted by Crippen LogP contribution is 2.39. The first-order valence-electron chi connectivity index (χ1n) is 11.0. The fraction of sp³-hybridized carbons (Fsp3) is 0.222. The summed E-state index contributed by atoms with van der Waals surface area (Å²) in [6.07, 6.45) is 4.01. The SMILES string of the molecule is Cc1ccc(N[C@@H]2C[C@@H](C)N(C(=O)/C=C/c3ccc([N+](=O)[O-])cc3)c3ccc(C)cc32)cc1. The second-order valence-corrected chi connectivity index (χ2v) is 8.60. The number of aryl methyl sites for hydroxylation is 2. The molecule has 0 aliphatic carbocycles. The molecule has 3 aromatic rings. The average Bonchev–Trinajstić information content (AvgIpc) is 2.79. The van der Waals surface area contributed by atoms with E-state index in [2.05, 4.69) is 56.4 Å². The number of nitrogens with one attached hydrogen (secondary N) is 1. The number of amides is 1. The molecule has 33 heavy (non-hydrogen) atoms. The van der Waals surface area contributed by atoms with E-state index >= 15 is 0 Å². The molecular weight excluding hydrogens is 414 g/mol. The lowest BCUT2D eigenvalue weighted by atomic mass is 9.90. The van der Waals surface area contributed by atoms with Crippen molar-refractivity contribution in [3.8, 4) is 0 Å². The molecule has 6 heteroatoms. The van der Waals surface area contributed by atoms with Crippen LogP contribution < -0.4 is 10.2 Å². The van der Waals surface area contributed by atoms with Gasteiger partial charge in [-0.3, -0.25) is 14.9 Å². The van der Waals surface area contributed by atoms with E-state index in [9.17, 15) is 14.9 Å². The Balaban J connectivity index is 1.59. The Labute approximate surface area is 193 Å². The van der Waals surface area contributed by atoms with E-state index in [0.29, 0.717) is 0 Å². The molecule has 2 atom stereocenters. The number of hydrogen-bond acceptors (Lipinski definition) is 4. The van der Waals surface area contributed by atoms with Crippen LogP contribution in [-0.4, -0.2) is 16.9 Å². The van der Waals surface area contributed by atoms with Gasteiger partial charge >= 0.3 is 0 Å². The highest BCUT2D eigenvalue weighted by Gasteiger charge is 2.33. The van der Waals surface area contributed by atoms with Gasteiger partial charge in [0, 0.05) is 35.6 Å². The van der Waals surface area contributed by atoms with Crippen molar-refractivity contribution in [1.29, 1.82) is 0 Å². The molecule has 1 aliphatic heterocycles.